The highest BCUT2D eigenvalue weighted by Crippen LogP contribution is 2.23. The van der Waals surface area contributed by atoms with Crippen LogP contribution < -0.4 is 10.6 Å². The van der Waals surface area contributed by atoms with Crippen LogP contribution in [0.3, 0.4) is 0 Å². The molecule has 110 valence electrons. The molecule has 2 N–H and O–H groups in total. The first-order valence-corrected chi connectivity index (χ1v) is 7.81. The number of likely N-dealkylation sites (N-methyl/N-ethyl adjacent to an activating group) is 1. The second-order valence-electron chi connectivity index (χ2n) is 5.25. The van der Waals surface area contributed by atoms with Gasteiger partial charge in [-0.05, 0) is 52.4 Å². The van der Waals surface area contributed by atoms with Gasteiger partial charge in [-0.2, -0.15) is 0 Å². The maximum absolute atomic E-state index is 3.44. The van der Waals surface area contributed by atoms with Crippen molar-refractivity contribution in [2.24, 2.45) is 0 Å². The lowest BCUT2D eigenvalue weighted by molar-refractivity contribution is 0.0939. The van der Waals surface area contributed by atoms with Crippen LogP contribution in [0, 0.1) is 0 Å². The summed E-state index contributed by atoms with van der Waals surface area (Å²) in [5.41, 5.74) is 0.363. The molecule has 0 aliphatic carbocycles. The highest BCUT2D eigenvalue weighted by atomic mass is 15.2. The summed E-state index contributed by atoms with van der Waals surface area (Å²) in [6.07, 6.45) is 3.71. The molecule has 0 heterocycles. The number of rotatable bonds is 12. The summed E-state index contributed by atoms with van der Waals surface area (Å²) in [7, 11) is 0. The maximum atomic E-state index is 3.44. The van der Waals surface area contributed by atoms with Gasteiger partial charge < -0.3 is 10.6 Å². The van der Waals surface area contributed by atoms with Gasteiger partial charge in [0, 0.05) is 18.6 Å². The van der Waals surface area contributed by atoms with Crippen molar-refractivity contribution >= 4 is 0 Å². The van der Waals surface area contributed by atoms with Gasteiger partial charge in [-0.15, -0.1) is 0 Å². The zero-order valence-electron chi connectivity index (χ0n) is 13.3. The molecule has 3 nitrogen and oxygen atoms in total. The number of hydrogen-bond acceptors (Lipinski definition) is 3. The van der Waals surface area contributed by atoms with Gasteiger partial charge in [-0.1, -0.05) is 27.7 Å². The Labute approximate surface area is 115 Å². The first-order valence-electron chi connectivity index (χ1n) is 7.81. The van der Waals surface area contributed by atoms with Crippen LogP contribution >= 0.6 is 0 Å². The molecule has 3 heteroatoms. The molecule has 0 aromatic carbocycles. The van der Waals surface area contributed by atoms with Crippen LogP contribution in [0.1, 0.15) is 53.9 Å². The lowest BCUT2D eigenvalue weighted by atomic mass is 9.92. The van der Waals surface area contributed by atoms with Gasteiger partial charge in [0.05, 0.1) is 0 Å². The zero-order valence-corrected chi connectivity index (χ0v) is 13.3. The van der Waals surface area contributed by atoms with E-state index in [4.69, 9.17) is 0 Å². The van der Waals surface area contributed by atoms with Crippen LogP contribution in [-0.2, 0) is 0 Å². The van der Waals surface area contributed by atoms with Gasteiger partial charge in [-0.3, -0.25) is 4.90 Å². The lowest BCUT2D eigenvalue weighted by Gasteiger charge is -2.40. The molecule has 0 spiro atoms. The molecule has 18 heavy (non-hydrogen) atoms. The van der Waals surface area contributed by atoms with Crippen molar-refractivity contribution < 1.29 is 0 Å². The van der Waals surface area contributed by atoms with Crippen LogP contribution in [0.25, 0.3) is 0 Å². The highest BCUT2D eigenvalue weighted by Gasteiger charge is 2.27. The maximum Gasteiger partial charge on any atom is 0.0176 e. The summed E-state index contributed by atoms with van der Waals surface area (Å²) >= 11 is 0. The van der Waals surface area contributed by atoms with E-state index in [1.807, 2.05) is 0 Å². The Balaban J connectivity index is 4.22. The SMILES string of the molecule is CCNCCCN(CCNCC)C(C)(CC)CC. The summed E-state index contributed by atoms with van der Waals surface area (Å²) < 4.78 is 0. The van der Waals surface area contributed by atoms with Crippen LogP contribution in [0.2, 0.25) is 0 Å². The summed E-state index contributed by atoms with van der Waals surface area (Å²) in [6.45, 7) is 18.1. The summed E-state index contributed by atoms with van der Waals surface area (Å²) in [4.78, 5) is 2.67. The smallest absolute Gasteiger partial charge is 0.0176 e. The fraction of sp³-hybridized carbons (Fsp3) is 1.00. The molecular weight excluding hydrogens is 222 g/mol. The van der Waals surface area contributed by atoms with Gasteiger partial charge >= 0.3 is 0 Å². The quantitative estimate of drug-likeness (QED) is 0.526. The van der Waals surface area contributed by atoms with E-state index in [2.05, 4.69) is 50.2 Å². The predicted octanol–water partition coefficient (Wildman–Crippen LogP) is 2.48. The molecule has 0 fully saturated rings. The minimum absolute atomic E-state index is 0.363. The molecule has 0 rings (SSSR count). The van der Waals surface area contributed by atoms with Crippen molar-refractivity contribution in [2.75, 3.05) is 39.3 Å². The van der Waals surface area contributed by atoms with E-state index in [0.717, 1.165) is 32.7 Å². The predicted molar refractivity (Wildman–Crippen MR) is 82.3 cm³/mol. The third-order valence-electron chi connectivity index (χ3n) is 4.13. The Morgan fingerprint density at radius 2 is 1.39 bits per heavy atom. The third kappa shape index (κ3) is 6.72. The number of nitrogens with zero attached hydrogens (tertiary/aromatic N) is 1. The topological polar surface area (TPSA) is 27.3 Å². The highest BCUT2D eigenvalue weighted by molar-refractivity contribution is 4.84. The molecule has 0 amide bonds. The summed E-state index contributed by atoms with van der Waals surface area (Å²) in [5, 5.41) is 6.86. The van der Waals surface area contributed by atoms with Crippen LogP contribution in [0.15, 0.2) is 0 Å². The van der Waals surface area contributed by atoms with Crippen molar-refractivity contribution in [2.45, 2.75) is 59.4 Å². The minimum atomic E-state index is 0.363. The van der Waals surface area contributed by atoms with Crippen molar-refractivity contribution in [1.82, 2.24) is 15.5 Å². The average molecular weight is 257 g/mol. The van der Waals surface area contributed by atoms with E-state index < -0.39 is 0 Å². The van der Waals surface area contributed by atoms with Crippen molar-refractivity contribution in [1.29, 1.82) is 0 Å². The van der Waals surface area contributed by atoms with E-state index in [-0.39, 0.29) is 0 Å². The normalized spacial score (nSPS) is 12.3. The molecule has 0 aliphatic heterocycles. The largest absolute Gasteiger partial charge is 0.317 e. The van der Waals surface area contributed by atoms with Gasteiger partial charge in [0.15, 0.2) is 0 Å². The lowest BCUT2D eigenvalue weighted by Crippen LogP contribution is -2.49. The Hall–Kier alpha value is -0.120. The molecule has 0 unspecified atom stereocenters. The summed E-state index contributed by atoms with van der Waals surface area (Å²) in [6, 6.07) is 0. The Kier molecular flexibility index (Phi) is 10.7. The second kappa shape index (κ2) is 10.8. The zero-order chi connectivity index (χ0) is 13.9. The fourth-order valence-corrected chi connectivity index (χ4v) is 2.31. The minimum Gasteiger partial charge on any atom is -0.317 e. The molecular formula is C15H35N3. The van der Waals surface area contributed by atoms with E-state index >= 15 is 0 Å². The molecule has 0 saturated heterocycles. The molecule has 0 aromatic heterocycles. The first kappa shape index (κ1) is 17.9. The van der Waals surface area contributed by atoms with E-state index in [9.17, 15) is 0 Å². The first-order chi connectivity index (χ1) is 8.64. The monoisotopic (exact) mass is 257 g/mol. The van der Waals surface area contributed by atoms with E-state index in [0.29, 0.717) is 5.54 Å². The van der Waals surface area contributed by atoms with Gasteiger partial charge in [0.1, 0.15) is 0 Å². The van der Waals surface area contributed by atoms with Gasteiger partial charge in [0.2, 0.25) is 0 Å². The van der Waals surface area contributed by atoms with Crippen molar-refractivity contribution in [3.63, 3.8) is 0 Å². The van der Waals surface area contributed by atoms with E-state index in [1.165, 1.54) is 25.8 Å². The Morgan fingerprint density at radius 1 is 0.833 bits per heavy atom. The molecule has 0 aliphatic rings. The average Bonchev–Trinajstić information content (AvgIpc) is 2.40. The Bertz CT molecular complexity index is 179. The molecule has 0 bridgehead atoms. The second-order valence-corrected chi connectivity index (χ2v) is 5.25. The standard InChI is InChI=1S/C15H35N3/c1-6-15(5,7-2)18(14-12-17-9-4)13-10-11-16-8-3/h16-17H,6-14H2,1-5H3. The number of nitrogens with one attached hydrogen (secondary N) is 2. The molecule has 0 atom stereocenters. The molecule has 0 saturated carbocycles. The van der Waals surface area contributed by atoms with Gasteiger partial charge in [0.25, 0.3) is 0 Å². The molecule has 0 aromatic rings. The van der Waals surface area contributed by atoms with Crippen LogP contribution in [0.5, 0.6) is 0 Å². The third-order valence-corrected chi connectivity index (χ3v) is 4.13. The van der Waals surface area contributed by atoms with Crippen molar-refractivity contribution in [3.8, 4) is 0 Å². The van der Waals surface area contributed by atoms with Crippen LogP contribution in [0.4, 0.5) is 0 Å². The Morgan fingerprint density at radius 3 is 1.89 bits per heavy atom. The fourth-order valence-electron chi connectivity index (χ4n) is 2.31. The van der Waals surface area contributed by atoms with E-state index in [1.54, 1.807) is 0 Å². The number of hydrogen-bond donors (Lipinski definition) is 2. The van der Waals surface area contributed by atoms with Crippen LogP contribution in [-0.4, -0.2) is 49.7 Å². The summed E-state index contributed by atoms with van der Waals surface area (Å²) in [5.74, 6) is 0. The van der Waals surface area contributed by atoms with Gasteiger partial charge in [-0.25, -0.2) is 0 Å². The van der Waals surface area contributed by atoms with Crippen molar-refractivity contribution in [3.05, 3.63) is 0 Å². The molecule has 0 radical (unpaired) electrons.